The van der Waals surface area contributed by atoms with Gasteiger partial charge in [0.2, 0.25) is 0 Å². The largest absolute Gasteiger partial charge is 0.315 e. The van der Waals surface area contributed by atoms with E-state index in [-0.39, 0.29) is 16.8 Å². The lowest BCUT2D eigenvalue weighted by atomic mass is 10.0. The highest BCUT2D eigenvalue weighted by atomic mass is 32.2. The highest BCUT2D eigenvalue weighted by Gasteiger charge is 2.26. The topological polar surface area (TPSA) is 80.3 Å². The highest BCUT2D eigenvalue weighted by Crippen LogP contribution is 2.23. The molecule has 0 spiro atoms. The minimum Gasteiger partial charge on any atom is -0.315 e. The van der Waals surface area contributed by atoms with E-state index in [1.807, 2.05) is 0 Å². The molecule has 108 valence electrons. The molecule has 7 heteroatoms. The lowest BCUT2D eigenvalue weighted by Gasteiger charge is -2.21. The van der Waals surface area contributed by atoms with Crippen LogP contribution in [-0.4, -0.2) is 52.9 Å². The fraction of sp³-hybridized carbons (Fsp3) is 1.00. The summed E-state index contributed by atoms with van der Waals surface area (Å²) in [6, 6.07) is 0. The average molecular weight is 297 g/mol. The smallest absolute Gasteiger partial charge is 0.154 e. The van der Waals surface area contributed by atoms with E-state index in [1.54, 1.807) is 0 Å². The van der Waals surface area contributed by atoms with E-state index < -0.39 is 19.7 Å². The molecule has 5 nitrogen and oxygen atoms in total. The molecule has 0 radical (unpaired) electrons. The van der Waals surface area contributed by atoms with Gasteiger partial charge in [-0.25, -0.2) is 16.8 Å². The van der Waals surface area contributed by atoms with Crippen molar-refractivity contribution in [3.63, 3.8) is 0 Å². The van der Waals surface area contributed by atoms with Crippen LogP contribution in [0.1, 0.15) is 32.1 Å². The quantitative estimate of drug-likeness (QED) is 0.687. The second kappa shape index (κ2) is 6.86. The zero-order valence-electron chi connectivity index (χ0n) is 10.9. The van der Waals surface area contributed by atoms with E-state index >= 15 is 0 Å². The molecule has 0 unspecified atom stereocenters. The second-order valence-corrected chi connectivity index (χ2v) is 9.67. The molecule has 1 saturated carbocycles. The Balaban J connectivity index is 2.25. The summed E-state index contributed by atoms with van der Waals surface area (Å²) < 4.78 is 45.7. The van der Waals surface area contributed by atoms with Crippen molar-refractivity contribution >= 4 is 19.7 Å². The van der Waals surface area contributed by atoms with Gasteiger partial charge in [0.1, 0.15) is 9.84 Å². The molecular weight excluding hydrogens is 274 g/mol. The van der Waals surface area contributed by atoms with E-state index in [2.05, 4.69) is 5.32 Å². The Hall–Kier alpha value is -0.140. The molecule has 18 heavy (non-hydrogen) atoms. The second-order valence-electron chi connectivity index (χ2n) is 5.01. The molecule has 0 aromatic carbocycles. The summed E-state index contributed by atoms with van der Waals surface area (Å²) in [6.07, 6.45) is 5.89. The normalized spacial score (nSPS) is 18.9. The van der Waals surface area contributed by atoms with E-state index in [0.717, 1.165) is 32.1 Å². The highest BCUT2D eigenvalue weighted by molar-refractivity contribution is 7.92. The van der Waals surface area contributed by atoms with Gasteiger partial charge in [-0.1, -0.05) is 19.3 Å². The number of sulfone groups is 2. The van der Waals surface area contributed by atoms with E-state index in [4.69, 9.17) is 0 Å². The van der Waals surface area contributed by atoms with Gasteiger partial charge in [-0.05, 0) is 12.8 Å². The molecule has 0 aromatic rings. The minimum absolute atomic E-state index is 0.0521. The molecule has 0 aliphatic heterocycles. The zero-order chi connectivity index (χ0) is 13.6. The molecule has 1 aliphatic rings. The van der Waals surface area contributed by atoms with Crippen LogP contribution in [0.15, 0.2) is 0 Å². The van der Waals surface area contributed by atoms with Gasteiger partial charge in [0, 0.05) is 19.3 Å². The van der Waals surface area contributed by atoms with Crippen LogP contribution in [-0.2, 0) is 19.7 Å². The number of nitrogens with one attached hydrogen (secondary N) is 1. The van der Waals surface area contributed by atoms with Crippen molar-refractivity contribution in [2.45, 2.75) is 37.4 Å². The van der Waals surface area contributed by atoms with Crippen LogP contribution in [0.4, 0.5) is 0 Å². The Morgan fingerprint density at radius 1 is 0.944 bits per heavy atom. The minimum atomic E-state index is -3.01. The standard InChI is InChI=1S/C11H23NO4S2/c1-17(13,14)9-7-12-8-10-18(15,16)11-5-3-2-4-6-11/h11-12H,2-10H2,1H3. The SMILES string of the molecule is CS(=O)(=O)CCNCCS(=O)(=O)C1CCCCC1. The third kappa shape index (κ3) is 6.15. The average Bonchev–Trinajstić information content (AvgIpc) is 2.28. The first-order valence-electron chi connectivity index (χ1n) is 6.41. The van der Waals surface area contributed by atoms with Crippen molar-refractivity contribution in [1.82, 2.24) is 5.32 Å². The van der Waals surface area contributed by atoms with Gasteiger partial charge in [-0.3, -0.25) is 0 Å². The van der Waals surface area contributed by atoms with Gasteiger partial charge in [0.15, 0.2) is 9.84 Å². The van der Waals surface area contributed by atoms with Crippen LogP contribution >= 0.6 is 0 Å². The summed E-state index contributed by atoms with van der Waals surface area (Å²) in [7, 11) is -5.98. The summed E-state index contributed by atoms with van der Waals surface area (Å²) in [6.45, 7) is 0.660. The molecule has 1 fully saturated rings. The van der Waals surface area contributed by atoms with Crippen molar-refractivity contribution in [2.24, 2.45) is 0 Å². The lowest BCUT2D eigenvalue weighted by Crippen LogP contribution is -2.33. The molecule has 0 atom stereocenters. The third-order valence-electron chi connectivity index (χ3n) is 3.27. The molecule has 0 heterocycles. The van der Waals surface area contributed by atoms with Crippen LogP contribution in [0, 0.1) is 0 Å². The molecule has 1 N–H and O–H groups in total. The fourth-order valence-corrected chi connectivity index (χ4v) is 4.52. The van der Waals surface area contributed by atoms with E-state index in [1.165, 1.54) is 6.26 Å². The van der Waals surface area contributed by atoms with E-state index in [9.17, 15) is 16.8 Å². The van der Waals surface area contributed by atoms with Gasteiger partial charge in [0.25, 0.3) is 0 Å². The van der Waals surface area contributed by atoms with Crippen LogP contribution in [0.5, 0.6) is 0 Å². The van der Waals surface area contributed by atoms with Gasteiger partial charge >= 0.3 is 0 Å². The maximum Gasteiger partial charge on any atom is 0.154 e. The van der Waals surface area contributed by atoms with E-state index in [0.29, 0.717) is 13.1 Å². The predicted molar refractivity (Wildman–Crippen MR) is 73.2 cm³/mol. The van der Waals surface area contributed by atoms with Crippen molar-refractivity contribution in [1.29, 1.82) is 0 Å². The molecule has 0 saturated heterocycles. The third-order valence-corrected chi connectivity index (χ3v) is 6.48. The molecule has 0 amide bonds. The Bertz CT molecular complexity index is 436. The molecule has 1 rings (SSSR count). The number of rotatable bonds is 7. The Kier molecular flexibility index (Phi) is 6.07. The first-order chi connectivity index (χ1) is 8.31. The maximum atomic E-state index is 12.0. The number of hydrogen-bond acceptors (Lipinski definition) is 5. The van der Waals surface area contributed by atoms with Crippen molar-refractivity contribution in [3.8, 4) is 0 Å². The predicted octanol–water partition coefficient (Wildman–Crippen LogP) is 0.368. The Morgan fingerprint density at radius 2 is 1.50 bits per heavy atom. The first kappa shape index (κ1) is 15.9. The van der Waals surface area contributed by atoms with Crippen molar-refractivity contribution in [3.05, 3.63) is 0 Å². The van der Waals surface area contributed by atoms with Gasteiger partial charge < -0.3 is 5.32 Å². The van der Waals surface area contributed by atoms with Crippen LogP contribution < -0.4 is 5.32 Å². The van der Waals surface area contributed by atoms with Crippen LogP contribution in [0.2, 0.25) is 0 Å². The van der Waals surface area contributed by atoms with Crippen LogP contribution in [0.3, 0.4) is 0 Å². The van der Waals surface area contributed by atoms with Gasteiger partial charge in [-0.15, -0.1) is 0 Å². The van der Waals surface area contributed by atoms with Crippen molar-refractivity contribution < 1.29 is 16.8 Å². The summed E-state index contributed by atoms with van der Waals surface area (Å²) in [4.78, 5) is 0. The van der Waals surface area contributed by atoms with Gasteiger partial charge in [0.05, 0.1) is 16.8 Å². The zero-order valence-corrected chi connectivity index (χ0v) is 12.5. The number of hydrogen-bond donors (Lipinski definition) is 1. The lowest BCUT2D eigenvalue weighted by molar-refractivity contribution is 0.483. The monoisotopic (exact) mass is 297 g/mol. The first-order valence-corrected chi connectivity index (χ1v) is 10.2. The summed E-state index contributed by atoms with van der Waals surface area (Å²) in [5.41, 5.74) is 0. The summed E-state index contributed by atoms with van der Waals surface area (Å²) in [5.74, 6) is 0.165. The fourth-order valence-electron chi connectivity index (χ4n) is 2.19. The van der Waals surface area contributed by atoms with Gasteiger partial charge in [-0.2, -0.15) is 0 Å². The summed E-state index contributed by atoms with van der Waals surface area (Å²) >= 11 is 0. The Labute approximate surface area is 110 Å². The molecule has 1 aliphatic carbocycles. The molecular formula is C11H23NO4S2. The van der Waals surface area contributed by atoms with Crippen LogP contribution in [0.25, 0.3) is 0 Å². The maximum absolute atomic E-state index is 12.0. The Morgan fingerprint density at radius 3 is 2.06 bits per heavy atom. The molecule has 0 aromatic heterocycles. The molecule has 0 bridgehead atoms. The summed E-state index contributed by atoms with van der Waals surface area (Å²) in [5, 5.41) is 2.70. The van der Waals surface area contributed by atoms with Crippen molar-refractivity contribution in [2.75, 3.05) is 30.9 Å².